The molecule has 3 aromatic rings. The summed E-state index contributed by atoms with van der Waals surface area (Å²) in [7, 11) is 0. The van der Waals surface area contributed by atoms with Crippen LogP contribution in [-0.4, -0.2) is 9.55 Å². The van der Waals surface area contributed by atoms with Crippen LogP contribution in [-0.2, 0) is 0 Å². The van der Waals surface area contributed by atoms with Crippen molar-refractivity contribution in [3.8, 4) is 0 Å². The molecule has 0 aliphatic rings. The number of alkyl halides is 1. The Morgan fingerprint density at radius 2 is 2.14 bits per heavy atom. The van der Waals surface area contributed by atoms with Crippen LogP contribution in [0.2, 0.25) is 0 Å². The molecule has 0 bridgehead atoms. The van der Waals surface area contributed by atoms with E-state index in [1.807, 2.05) is 19.1 Å². The molecule has 0 N–H and O–H groups in total. The molecule has 2 unspecified atom stereocenters. The molecule has 0 radical (unpaired) electrons. The second kappa shape index (κ2) is 5.78. The highest BCUT2D eigenvalue weighted by atomic mass is 35.5. The second-order valence-electron chi connectivity index (χ2n) is 5.00. The lowest BCUT2D eigenvalue weighted by molar-refractivity contribution is 0.564. The minimum absolute atomic E-state index is 0.132. The van der Waals surface area contributed by atoms with Crippen molar-refractivity contribution in [1.82, 2.24) is 9.55 Å². The van der Waals surface area contributed by atoms with E-state index in [9.17, 15) is 4.39 Å². The predicted molar refractivity (Wildman–Crippen MR) is 86.7 cm³/mol. The van der Waals surface area contributed by atoms with E-state index in [1.54, 1.807) is 17.4 Å². The van der Waals surface area contributed by atoms with Gasteiger partial charge in [0.25, 0.3) is 0 Å². The van der Waals surface area contributed by atoms with Gasteiger partial charge >= 0.3 is 0 Å². The van der Waals surface area contributed by atoms with Crippen LogP contribution in [0.5, 0.6) is 0 Å². The number of halogens is 2. The lowest BCUT2D eigenvalue weighted by Crippen LogP contribution is -2.12. The van der Waals surface area contributed by atoms with Gasteiger partial charge in [-0.1, -0.05) is 19.1 Å². The quantitative estimate of drug-likeness (QED) is 0.577. The molecule has 0 saturated carbocycles. The van der Waals surface area contributed by atoms with Crippen LogP contribution in [0.25, 0.3) is 11.0 Å². The minimum atomic E-state index is -0.300. The first-order chi connectivity index (χ1) is 10.1. The normalized spacial score (nSPS) is 14.5. The molecule has 3 rings (SSSR count). The highest BCUT2D eigenvalue weighted by Crippen LogP contribution is 2.35. The van der Waals surface area contributed by atoms with Gasteiger partial charge in [0.1, 0.15) is 11.3 Å². The molecule has 2 atom stereocenters. The third kappa shape index (κ3) is 2.47. The average molecular weight is 323 g/mol. The summed E-state index contributed by atoms with van der Waals surface area (Å²) in [6.45, 7) is 4.00. The van der Waals surface area contributed by atoms with Gasteiger partial charge in [-0.25, -0.2) is 9.37 Å². The molecule has 0 aliphatic carbocycles. The SMILES string of the molecule is CCC(c1cccs1)n1c(C(C)Cl)nc2c(F)cccc21. The van der Waals surface area contributed by atoms with Gasteiger partial charge in [-0.15, -0.1) is 22.9 Å². The van der Waals surface area contributed by atoms with Gasteiger partial charge in [0.05, 0.1) is 16.9 Å². The number of hydrogen-bond donors (Lipinski definition) is 0. The third-order valence-electron chi connectivity index (χ3n) is 3.62. The van der Waals surface area contributed by atoms with Crippen molar-refractivity contribution in [2.24, 2.45) is 0 Å². The lowest BCUT2D eigenvalue weighted by atomic mass is 10.1. The molecule has 2 heterocycles. The first kappa shape index (κ1) is 14.5. The van der Waals surface area contributed by atoms with Crippen molar-refractivity contribution in [2.75, 3.05) is 0 Å². The van der Waals surface area contributed by atoms with Crippen molar-refractivity contribution in [2.45, 2.75) is 31.7 Å². The maximum atomic E-state index is 14.0. The fourth-order valence-corrected chi connectivity index (χ4v) is 3.76. The molecule has 0 aliphatic heterocycles. The Morgan fingerprint density at radius 1 is 1.33 bits per heavy atom. The Balaban J connectivity index is 2.29. The van der Waals surface area contributed by atoms with Crippen molar-refractivity contribution in [3.63, 3.8) is 0 Å². The third-order valence-corrected chi connectivity index (χ3v) is 4.79. The topological polar surface area (TPSA) is 17.8 Å². The van der Waals surface area contributed by atoms with E-state index < -0.39 is 0 Å². The smallest absolute Gasteiger partial charge is 0.151 e. The first-order valence-electron chi connectivity index (χ1n) is 6.97. The van der Waals surface area contributed by atoms with Crippen molar-refractivity contribution in [3.05, 3.63) is 52.2 Å². The Labute approximate surface area is 132 Å². The predicted octanol–water partition coefficient (Wildman–Crippen LogP) is 5.54. The number of aromatic nitrogens is 2. The number of benzene rings is 1. The zero-order valence-corrected chi connectivity index (χ0v) is 13.5. The molecule has 0 saturated heterocycles. The number of thiophene rings is 1. The summed E-state index contributed by atoms with van der Waals surface area (Å²) in [6, 6.07) is 9.34. The van der Waals surface area contributed by atoms with E-state index in [2.05, 4.69) is 27.9 Å². The summed E-state index contributed by atoms with van der Waals surface area (Å²) in [6.07, 6.45) is 0.902. The van der Waals surface area contributed by atoms with Crippen LogP contribution in [0.1, 0.15) is 42.4 Å². The summed E-state index contributed by atoms with van der Waals surface area (Å²) < 4.78 is 16.1. The van der Waals surface area contributed by atoms with Gasteiger partial charge in [0.15, 0.2) is 5.82 Å². The maximum Gasteiger partial charge on any atom is 0.151 e. The van der Waals surface area contributed by atoms with Gasteiger partial charge in [-0.2, -0.15) is 0 Å². The summed E-state index contributed by atoms with van der Waals surface area (Å²) in [4.78, 5) is 5.69. The Hall–Kier alpha value is -1.39. The second-order valence-corrected chi connectivity index (χ2v) is 6.64. The molecule has 0 fully saturated rings. The van der Waals surface area contributed by atoms with E-state index in [0.29, 0.717) is 5.52 Å². The summed E-state index contributed by atoms with van der Waals surface area (Å²) >= 11 is 7.99. The first-order valence-corrected chi connectivity index (χ1v) is 8.29. The van der Waals surface area contributed by atoms with Gasteiger partial charge in [-0.3, -0.25) is 0 Å². The number of para-hydroxylation sites is 1. The van der Waals surface area contributed by atoms with Crippen LogP contribution in [0.3, 0.4) is 0 Å². The monoisotopic (exact) mass is 322 g/mol. The minimum Gasteiger partial charge on any atom is -0.318 e. The molecule has 2 nitrogen and oxygen atoms in total. The summed E-state index contributed by atoms with van der Waals surface area (Å²) in [5.41, 5.74) is 1.20. The highest BCUT2D eigenvalue weighted by Gasteiger charge is 2.23. The van der Waals surface area contributed by atoms with Gasteiger partial charge in [-0.05, 0) is 36.9 Å². The van der Waals surface area contributed by atoms with E-state index >= 15 is 0 Å². The van der Waals surface area contributed by atoms with Crippen molar-refractivity contribution in [1.29, 1.82) is 0 Å². The summed E-state index contributed by atoms with van der Waals surface area (Å²) in [5.74, 6) is 0.419. The molecule has 21 heavy (non-hydrogen) atoms. The molecule has 1 aromatic carbocycles. The molecule has 0 spiro atoms. The maximum absolute atomic E-state index is 14.0. The number of nitrogens with zero attached hydrogens (tertiary/aromatic N) is 2. The zero-order chi connectivity index (χ0) is 15.0. The molecule has 2 aromatic heterocycles. The van der Waals surface area contributed by atoms with E-state index in [4.69, 9.17) is 11.6 Å². The molecule has 5 heteroatoms. The molecular weight excluding hydrogens is 307 g/mol. The Kier molecular flexibility index (Phi) is 4.00. The number of rotatable bonds is 4. The lowest BCUT2D eigenvalue weighted by Gasteiger charge is -2.20. The Morgan fingerprint density at radius 3 is 2.76 bits per heavy atom. The fourth-order valence-electron chi connectivity index (χ4n) is 2.70. The number of imidazole rings is 1. The number of hydrogen-bond acceptors (Lipinski definition) is 2. The Bertz CT molecular complexity index is 749. The van der Waals surface area contributed by atoms with Gasteiger partial charge in [0, 0.05) is 4.88 Å². The largest absolute Gasteiger partial charge is 0.318 e. The van der Waals surface area contributed by atoms with Crippen LogP contribution in [0, 0.1) is 5.82 Å². The van der Waals surface area contributed by atoms with Crippen molar-refractivity contribution < 1.29 is 4.39 Å². The van der Waals surface area contributed by atoms with Crippen LogP contribution < -0.4 is 0 Å². The average Bonchev–Trinajstić information content (AvgIpc) is 3.09. The fraction of sp³-hybridized carbons (Fsp3) is 0.312. The van der Waals surface area contributed by atoms with E-state index in [1.165, 1.54) is 10.9 Å². The van der Waals surface area contributed by atoms with E-state index in [-0.39, 0.29) is 17.2 Å². The molecule has 0 amide bonds. The van der Waals surface area contributed by atoms with Crippen LogP contribution >= 0.6 is 22.9 Å². The molecule has 110 valence electrons. The number of fused-ring (bicyclic) bond motifs is 1. The van der Waals surface area contributed by atoms with Crippen LogP contribution in [0.4, 0.5) is 4.39 Å². The highest BCUT2D eigenvalue weighted by molar-refractivity contribution is 7.10. The zero-order valence-electron chi connectivity index (χ0n) is 11.9. The van der Waals surface area contributed by atoms with Crippen molar-refractivity contribution >= 4 is 34.0 Å². The summed E-state index contributed by atoms with van der Waals surface area (Å²) in [5, 5.41) is 1.78. The van der Waals surface area contributed by atoms with Gasteiger partial charge < -0.3 is 4.57 Å². The van der Waals surface area contributed by atoms with Gasteiger partial charge in [0.2, 0.25) is 0 Å². The van der Waals surface area contributed by atoms with E-state index in [0.717, 1.165) is 17.8 Å². The standard InChI is InChI=1S/C16H16ClFN2S/c1-3-12(14-8-5-9-21-14)20-13-7-4-6-11(18)15(13)19-16(20)10(2)17/h4-10,12H,3H2,1-2H3. The van der Waals surface area contributed by atoms with Crippen LogP contribution in [0.15, 0.2) is 35.7 Å². The molecular formula is C16H16ClFN2S.